The van der Waals surface area contributed by atoms with Gasteiger partial charge in [-0.15, -0.1) is 0 Å². The van der Waals surface area contributed by atoms with Crippen molar-refractivity contribution >= 4 is 23.8 Å². The number of amides is 2. The van der Waals surface area contributed by atoms with Gasteiger partial charge in [0.2, 0.25) is 0 Å². The molecule has 0 radical (unpaired) electrons. The van der Waals surface area contributed by atoms with E-state index in [0.29, 0.717) is 12.8 Å². The van der Waals surface area contributed by atoms with Crippen molar-refractivity contribution in [3.63, 3.8) is 0 Å². The zero-order valence-electron chi connectivity index (χ0n) is 19.2. The van der Waals surface area contributed by atoms with Crippen LogP contribution >= 0.6 is 0 Å². The summed E-state index contributed by atoms with van der Waals surface area (Å²) in [5, 5.41) is 18.9. The SMILES string of the molecule is Cn1nc(NC(=O)OCC2c3ccccc3-c3ccccc32)cc1C(=O)N[C@H]1CCC[C@H]1C(=O)O. The van der Waals surface area contributed by atoms with Crippen LogP contribution in [-0.4, -0.2) is 45.5 Å². The summed E-state index contributed by atoms with van der Waals surface area (Å²) in [6, 6.07) is 17.2. The van der Waals surface area contributed by atoms with E-state index in [4.69, 9.17) is 4.74 Å². The van der Waals surface area contributed by atoms with Crippen LogP contribution in [0.1, 0.15) is 46.8 Å². The van der Waals surface area contributed by atoms with Gasteiger partial charge in [0, 0.05) is 25.1 Å². The molecule has 2 amide bonds. The van der Waals surface area contributed by atoms with Gasteiger partial charge in [0.05, 0.1) is 5.92 Å². The van der Waals surface area contributed by atoms with Crippen LogP contribution in [0.25, 0.3) is 11.1 Å². The number of aryl methyl sites for hydroxylation is 1. The fourth-order valence-corrected chi connectivity index (χ4v) is 5.15. The van der Waals surface area contributed by atoms with Gasteiger partial charge in [-0.3, -0.25) is 19.6 Å². The molecule has 3 N–H and O–H groups in total. The molecule has 0 unspecified atom stereocenters. The normalized spacial score (nSPS) is 18.5. The summed E-state index contributed by atoms with van der Waals surface area (Å²) in [6.45, 7) is 0.165. The number of benzene rings is 2. The monoisotopic (exact) mass is 474 g/mol. The van der Waals surface area contributed by atoms with Gasteiger partial charge in [-0.2, -0.15) is 5.10 Å². The predicted octanol–water partition coefficient (Wildman–Crippen LogP) is 3.76. The van der Waals surface area contributed by atoms with Crippen LogP contribution in [0.2, 0.25) is 0 Å². The number of nitrogens with one attached hydrogen (secondary N) is 2. The van der Waals surface area contributed by atoms with Crippen molar-refractivity contribution in [1.29, 1.82) is 0 Å². The first kappa shape index (κ1) is 22.6. The highest BCUT2D eigenvalue weighted by Gasteiger charge is 2.34. The fourth-order valence-electron chi connectivity index (χ4n) is 5.15. The lowest BCUT2D eigenvalue weighted by atomic mass is 9.98. The topological polar surface area (TPSA) is 123 Å². The summed E-state index contributed by atoms with van der Waals surface area (Å²) in [5.41, 5.74) is 4.74. The van der Waals surface area contributed by atoms with Crippen molar-refractivity contribution < 1.29 is 24.2 Å². The summed E-state index contributed by atoms with van der Waals surface area (Å²) >= 11 is 0. The predicted molar refractivity (Wildman–Crippen MR) is 128 cm³/mol. The van der Waals surface area contributed by atoms with E-state index in [1.807, 2.05) is 36.4 Å². The van der Waals surface area contributed by atoms with Gasteiger partial charge >= 0.3 is 12.1 Å². The lowest BCUT2D eigenvalue weighted by molar-refractivity contribution is -0.142. The minimum atomic E-state index is -0.907. The standard InChI is InChI=1S/C26H26N4O5/c1-30-22(24(31)27-21-12-6-11-19(21)25(32)33)13-23(29-30)28-26(34)35-14-20-17-9-4-2-7-15(17)16-8-3-5-10-18(16)20/h2-5,7-10,13,19-21H,6,11-12,14H2,1H3,(H,27,31)(H,32,33)(H,28,29,34)/t19-,21+/m1/s1. The number of nitrogens with zero attached hydrogens (tertiary/aromatic N) is 2. The summed E-state index contributed by atoms with van der Waals surface area (Å²) in [7, 11) is 1.58. The largest absolute Gasteiger partial charge is 0.481 e. The number of carboxylic acid groups (broad SMARTS) is 1. The Morgan fingerprint density at radius 1 is 1.06 bits per heavy atom. The van der Waals surface area contributed by atoms with Crippen molar-refractivity contribution in [3.05, 3.63) is 71.4 Å². The smallest absolute Gasteiger partial charge is 0.412 e. The number of hydrogen-bond donors (Lipinski definition) is 3. The van der Waals surface area contributed by atoms with Crippen molar-refractivity contribution in [1.82, 2.24) is 15.1 Å². The number of carbonyl (C=O) groups excluding carboxylic acids is 2. The maximum Gasteiger partial charge on any atom is 0.412 e. The number of carboxylic acids is 1. The molecule has 35 heavy (non-hydrogen) atoms. The Bertz CT molecular complexity index is 1250. The zero-order chi connectivity index (χ0) is 24.5. The Morgan fingerprint density at radius 3 is 2.37 bits per heavy atom. The molecule has 1 saturated carbocycles. The second-order valence-electron chi connectivity index (χ2n) is 8.94. The van der Waals surface area contributed by atoms with E-state index in [2.05, 4.69) is 27.9 Å². The average molecular weight is 475 g/mol. The van der Waals surface area contributed by atoms with Crippen molar-refractivity contribution in [2.75, 3.05) is 11.9 Å². The van der Waals surface area contributed by atoms with Crippen LogP contribution in [0.15, 0.2) is 54.6 Å². The van der Waals surface area contributed by atoms with Crippen molar-refractivity contribution in [2.24, 2.45) is 13.0 Å². The minimum absolute atomic E-state index is 0.0631. The Morgan fingerprint density at radius 2 is 1.71 bits per heavy atom. The van der Waals surface area contributed by atoms with E-state index in [1.165, 1.54) is 10.7 Å². The minimum Gasteiger partial charge on any atom is -0.481 e. The highest BCUT2D eigenvalue weighted by atomic mass is 16.5. The number of hydrogen-bond acceptors (Lipinski definition) is 5. The highest BCUT2D eigenvalue weighted by molar-refractivity contribution is 5.95. The highest BCUT2D eigenvalue weighted by Crippen LogP contribution is 2.44. The van der Waals surface area contributed by atoms with Gasteiger partial charge in [0.1, 0.15) is 12.3 Å². The molecule has 0 spiro atoms. The number of carbonyl (C=O) groups is 3. The summed E-state index contributed by atoms with van der Waals surface area (Å²) in [4.78, 5) is 36.6. The molecule has 2 aliphatic rings. The van der Waals surface area contributed by atoms with Crippen LogP contribution < -0.4 is 10.6 Å². The van der Waals surface area contributed by atoms with Crippen LogP contribution in [0, 0.1) is 5.92 Å². The van der Waals surface area contributed by atoms with Crippen molar-refractivity contribution in [3.8, 4) is 11.1 Å². The number of aliphatic carboxylic acids is 1. The molecule has 0 aliphatic heterocycles. The third-order valence-corrected chi connectivity index (χ3v) is 6.84. The van der Waals surface area contributed by atoms with Crippen LogP contribution in [0.3, 0.4) is 0 Å². The Labute approximate surface area is 202 Å². The molecular weight excluding hydrogens is 448 g/mol. The van der Waals surface area contributed by atoms with Crippen LogP contribution in [0.5, 0.6) is 0 Å². The molecule has 0 saturated heterocycles. The van der Waals surface area contributed by atoms with Crippen LogP contribution in [0.4, 0.5) is 10.6 Å². The molecule has 0 bridgehead atoms. The van der Waals surface area contributed by atoms with E-state index in [-0.39, 0.29) is 24.0 Å². The molecule has 1 aromatic heterocycles. The summed E-state index contributed by atoms with van der Waals surface area (Å²) < 4.78 is 6.88. The first-order valence-corrected chi connectivity index (χ1v) is 11.6. The van der Waals surface area contributed by atoms with E-state index in [0.717, 1.165) is 28.7 Å². The Balaban J connectivity index is 1.22. The van der Waals surface area contributed by atoms with Gasteiger partial charge in [0.25, 0.3) is 5.91 Å². The van der Waals surface area contributed by atoms with Gasteiger partial charge in [-0.25, -0.2) is 4.79 Å². The average Bonchev–Trinajstić information content (AvgIpc) is 3.53. The second-order valence-corrected chi connectivity index (χ2v) is 8.94. The Kier molecular flexibility index (Phi) is 5.98. The van der Waals surface area contributed by atoms with Crippen LogP contribution in [-0.2, 0) is 16.6 Å². The maximum absolute atomic E-state index is 12.7. The third kappa shape index (κ3) is 4.37. The molecule has 1 fully saturated rings. The van der Waals surface area contributed by atoms with Gasteiger partial charge in [0.15, 0.2) is 5.82 Å². The lowest BCUT2D eigenvalue weighted by Crippen LogP contribution is -2.40. The molecule has 2 aliphatic carbocycles. The van der Waals surface area contributed by atoms with E-state index >= 15 is 0 Å². The van der Waals surface area contributed by atoms with E-state index in [1.54, 1.807) is 7.05 Å². The molecule has 1 heterocycles. The van der Waals surface area contributed by atoms with Crippen molar-refractivity contribution in [2.45, 2.75) is 31.2 Å². The van der Waals surface area contributed by atoms with Gasteiger partial charge in [-0.05, 0) is 35.1 Å². The lowest BCUT2D eigenvalue weighted by Gasteiger charge is -2.17. The molecule has 3 aromatic rings. The molecule has 9 nitrogen and oxygen atoms in total. The number of fused-ring (bicyclic) bond motifs is 3. The quantitative estimate of drug-likeness (QED) is 0.500. The first-order valence-electron chi connectivity index (χ1n) is 11.6. The Hall–Kier alpha value is -4.14. The molecule has 5 rings (SSSR count). The molecule has 180 valence electrons. The number of aromatic nitrogens is 2. The van der Waals surface area contributed by atoms with E-state index < -0.39 is 29.9 Å². The number of ether oxygens (including phenoxy) is 1. The van der Waals surface area contributed by atoms with E-state index in [9.17, 15) is 19.5 Å². The molecular formula is C26H26N4O5. The summed E-state index contributed by atoms with van der Waals surface area (Å²) in [5.74, 6) is -1.82. The second kappa shape index (κ2) is 9.25. The van der Waals surface area contributed by atoms with Gasteiger partial charge < -0.3 is 15.2 Å². The molecule has 2 atom stereocenters. The molecule has 9 heteroatoms. The van der Waals surface area contributed by atoms with Gasteiger partial charge in [-0.1, -0.05) is 55.0 Å². The first-order chi connectivity index (χ1) is 16.9. The fraction of sp³-hybridized carbons (Fsp3) is 0.308. The summed E-state index contributed by atoms with van der Waals surface area (Å²) in [6.07, 6.45) is 1.24. The third-order valence-electron chi connectivity index (χ3n) is 6.84. The molecule has 2 aromatic carbocycles. The number of rotatable bonds is 6. The zero-order valence-corrected chi connectivity index (χ0v) is 19.2. The maximum atomic E-state index is 12.7. The number of anilines is 1.